The third kappa shape index (κ3) is 4.22. The van der Waals surface area contributed by atoms with Crippen molar-refractivity contribution in [1.82, 2.24) is 10.2 Å². The third-order valence-electron chi connectivity index (χ3n) is 4.08. The standard InChI is InChI=1S/C17H28N2O/c1-13(2)9-16-12-19(14(3)10-18-16)11-15-5-7-17(20-4)8-6-15/h5-8,13-14,16,18H,9-12H2,1-4H3. The van der Waals surface area contributed by atoms with Crippen LogP contribution in [0.4, 0.5) is 0 Å². The van der Waals surface area contributed by atoms with Crippen LogP contribution in [0, 0.1) is 5.92 Å². The van der Waals surface area contributed by atoms with E-state index in [0.29, 0.717) is 12.1 Å². The van der Waals surface area contributed by atoms with Crippen molar-refractivity contribution in [2.75, 3.05) is 20.2 Å². The van der Waals surface area contributed by atoms with Crippen LogP contribution < -0.4 is 10.1 Å². The van der Waals surface area contributed by atoms with Gasteiger partial charge in [-0.1, -0.05) is 26.0 Å². The molecule has 112 valence electrons. The van der Waals surface area contributed by atoms with Crippen molar-refractivity contribution in [2.24, 2.45) is 5.92 Å². The Morgan fingerprint density at radius 1 is 1.30 bits per heavy atom. The zero-order chi connectivity index (χ0) is 14.5. The number of benzene rings is 1. The van der Waals surface area contributed by atoms with E-state index < -0.39 is 0 Å². The van der Waals surface area contributed by atoms with Gasteiger partial charge in [-0.2, -0.15) is 0 Å². The molecule has 1 aliphatic heterocycles. The fourth-order valence-electron chi connectivity index (χ4n) is 2.91. The SMILES string of the molecule is COc1ccc(CN2CC(CC(C)C)NCC2C)cc1. The average Bonchev–Trinajstić information content (AvgIpc) is 2.43. The molecule has 1 aromatic carbocycles. The van der Waals surface area contributed by atoms with Gasteiger partial charge in [-0.3, -0.25) is 4.90 Å². The fraction of sp³-hybridized carbons (Fsp3) is 0.647. The first-order valence-corrected chi connectivity index (χ1v) is 7.69. The molecule has 0 spiro atoms. The van der Waals surface area contributed by atoms with Crippen LogP contribution in [-0.2, 0) is 6.54 Å². The van der Waals surface area contributed by atoms with Crippen LogP contribution in [0.25, 0.3) is 0 Å². The maximum atomic E-state index is 5.22. The fourth-order valence-corrected chi connectivity index (χ4v) is 2.91. The summed E-state index contributed by atoms with van der Waals surface area (Å²) in [5.74, 6) is 1.68. The van der Waals surface area contributed by atoms with Gasteiger partial charge < -0.3 is 10.1 Å². The van der Waals surface area contributed by atoms with Crippen molar-refractivity contribution >= 4 is 0 Å². The number of ether oxygens (including phenoxy) is 1. The Labute approximate surface area is 123 Å². The molecule has 3 heteroatoms. The molecule has 2 unspecified atom stereocenters. The first-order chi connectivity index (χ1) is 9.58. The van der Waals surface area contributed by atoms with Gasteiger partial charge in [0, 0.05) is 31.7 Å². The van der Waals surface area contributed by atoms with Crippen LogP contribution in [0.5, 0.6) is 5.75 Å². The summed E-state index contributed by atoms with van der Waals surface area (Å²) in [4.78, 5) is 2.59. The Kier molecular flexibility index (Phi) is 5.44. The Morgan fingerprint density at radius 2 is 2.00 bits per heavy atom. The molecule has 0 radical (unpaired) electrons. The van der Waals surface area contributed by atoms with Gasteiger partial charge in [0.1, 0.15) is 5.75 Å². The molecule has 1 aromatic rings. The molecule has 0 bridgehead atoms. The van der Waals surface area contributed by atoms with E-state index in [-0.39, 0.29) is 0 Å². The van der Waals surface area contributed by atoms with Crippen molar-refractivity contribution in [3.05, 3.63) is 29.8 Å². The molecule has 0 saturated carbocycles. The van der Waals surface area contributed by atoms with Gasteiger partial charge in [-0.15, -0.1) is 0 Å². The minimum Gasteiger partial charge on any atom is -0.497 e. The lowest BCUT2D eigenvalue weighted by Crippen LogP contribution is -2.55. The van der Waals surface area contributed by atoms with Crippen LogP contribution >= 0.6 is 0 Å². The molecule has 20 heavy (non-hydrogen) atoms. The Morgan fingerprint density at radius 3 is 2.60 bits per heavy atom. The lowest BCUT2D eigenvalue weighted by atomic mass is 9.99. The van der Waals surface area contributed by atoms with E-state index >= 15 is 0 Å². The van der Waals surface area contributed by atoms with Crippen LogP contribution in [0.2, 0.25) is 0 Å². The first-order valence-electron chi connectivity index (χ1n) is 7.69. The van der Waals surface area contributed by atoms with Gasteiger partial charge in [-0.05, 0) is 37.0 Å². The van der Waals surface area contributed by atoms with Gasteiger partial charge in [0.2, 0.25) is 0 Å². The Hall–Kier alpha value is -1.06. The molecule has 0 amide bonds. The van der Waals surface area contributed by atoms with E-state index in [2.05, 4.69) is 43.1 Å². The average molecular weight is 276 g/mol. The second-order valence-corrected chi connectivity index (χ2v) is 6.36. The molecule has 1 fully saturated rings. The predicted molar refractivity (Wildman–Crippen MR) is 84.1 cm³/mol. The summed E-state index contributed by atoms with van der Waals surface area (Å²) in [5, 5.41) is 3.67. The summed E-state index contributed by atoms with van der Waals surface area (Å²) in [6, 6.07) is 9.67. The molecule has 1 N–H and O–H groups in total. The zero-order valence-electron chi connectivity index (χ0n) is 13.2. The van der Waals surface area contributed by atoms with Crippen LogP contribution in [0.3, 0.4) is 0 Å². The second kappa shape index (κ2) is 7.09. The van der Waals surface area contributed by atoms with Gasteiger partial charge in [0.15, 0.2) is 0 Å². The highest BCUT2D eigenvalue weighted by molar-refractivity contribution is 5.27. The summed E-state index contributed by atoms with van der Waals surface area (Å²) >= 11 is 0. The maximum absolute atomic E-state index is 5.22. The monoisotopic (exact) mass is 276 g/mol. The van der Waals surface area contributed by atoms with Crippen molar-refractivity contribution < 1.29 is 4.74 Å². The topological polar surface area (TPSA) is 24.5 Å². The number of nitrogens with zero attached hydrogens (tertiary/aromatic N) is 1. The highest BCUT2D eigenvalue weighted by Gasteiger charge is 2.25. The third-order valence-corrected chi connectivity index (χ3v) is 4.08. The maximum Gasteiger partial charge on any atom is 0.118 e. The highest BCUT2D eigenvalue weighted by Crippen LogP contribution is 2.18. The summed E-state index contributed by atoms with van der Waals surface area (Å²) in [5.41, 5.74) is 1.36. The number of methoxy groups -OCH3 is 1. The molecule has 3 nitrogen and oxygen atoms in total. The lowest BCUT2D eigenvalue weighted by molar-refractivity contribution is 0.125. The first kappa shape index (κ1) is 15.3. The van der Waals surface area contributed by atoms with Crippen molar-refractivity contribution in [2.45, 2.75) is 45.8 Å². The number of piperazine rings is 1. The molecule has 1 saturated heterocycles. The molecular formula is C17H28N2O. The van der Waals surface area contributed by atoms with E-state index in [1.54, 1.807) is 7.11 Å². The van der Waals surface area contributed by atoms with E-state index in [1.165, 1.54) is 12.0 Å². The zero-order valence-corrected chi connectivity index (χ0v) is 13.2. The van der Waals surface area contributed by atoms with Gasteiger partial charge in [-0.25, -0.2) is 0 Å². The second-order valence-electron chi connectivity index (χ2n) is 6.36. The molecular weight excluding hydrogens is 248 g/mol. The Bertz CT molecular complexity index is 402. The van der Waals surface area contributed by atoms with Gasteiger partial charge in [0.05, 0.1) is 7.11 Å². The number of hydrogen-bond donors (Lipinski definition) is 1. The molecule has 1 aliphatic rings. The minimum atomic E-state index is 0.598. The summed E-state index contributed by atoms with van der Waals surface area (Å²) in [6.45, 7) is 10.2. The lowest BCUT2D eigenvalue weighted by Gasteiger charge is -2.39. The minimum absolute atomic E-state index is 0.598. The van der Waals surface area contributed by atoms with Crippen LogP contribution in [-0.4, -0.2) is 37.2 Å². The number of nitrogens with one attached hydrogen (secondary N) is 1. The summed E-state index contributed by atoms with van der Waals surface area (Å²) < 4.78 is 5.22. The quantitative estimate of drug-likeness (QED) is 0.895. The van der Waals surface area contributed by atoms with Crippen molar-refractivity contribution in [3.8, 4) is 5.75 Å². The van der Waals surface area contributed by atoms with E-state index in [9.17, 15) is 0 Å². The van der Waals surface area contributed by atoms with Gasteiger partial charge >= 0.3 is 0 Å². The normalized spacial score (nSPS) is 24.1. The number of rotatable bonds is 5. The van der Waals surface area contributed by atoms with Crippen molar-refractivity contribution in [1.29, 1.82) is 0 Å². The van der Waals surface area contributed by atoms with Crippen molar-refractivity contribution in [3.63, 3.8) is 0 Å². The van der Waals surface area contributed by atoms with Crippen LogP contribution in [0.15, 0.2) is 24.3 Å². The number of hydrogen-bond acceptors (Lipinski definition) is 3. The highest BCUT2D eigenvalue weighted by atomic mass is 16.5. The summed E-state index contributed by atoms with van der Waals surface area (Å²) in [6.07, 6.45) is 1.26. The molecule has 2 atom stereocenters. The smallest absolute Gasteiger partial charge is 0.118 e. The molecule has 2 rings (SSSR count). The molecule has 0 aromatic heterocycles. The molecule has 0 aliphatic carbocycles. The largest absolute Gasteiger partial charge is 0.497 e. The Balaban J connectivity index is 1.94. The van der Waals surface area contributed by atoms with Crippen LogP contribution in [0.1, 0.15) is 32.8 Å². The predicted octanol–water partition coefficient (Wildman–Crippen LogP) is 2.90. The van der Waals surface area contributed by atoms with E-state index in [4.69, 9.17) is 4.74 Å². The molecule has 1 heterocycles. The van der Waals surface area contributed by atoms with E-state index in [0.717, 1.165) is 31.3 Å². The van der Waals surface area contributed by atoms with E-state index in [1.807, 2.05) is 12.1 Å². The van der Waals surface area contributed by atoms with Gasteiger partial charge in [0.25, 0.3) is 0 Å². The summed E-state index contributed by atoms with van der Waals surface area (Å²) in [7, 11) is 1.71.